The number of aliphatic hydroxyl groups excluding tert-OH is 1. The average molecular weight is 353 g/mol. The Balaban J connectivity index is 1.90. The van der Waals surface area contributed by atoms with E-state index in [1.807, 2.05) is 11.3 Å². The van der Waals surface area contributed by atoms with Crippen LogP contribution in [0.15, 0.2) is 24.8 Å². The van der Waals surface area contributed by atoms with E-state index in [0.29, 0.717) is 5.41 Å². The molecule has 132 valence electrons. The highest BCUT2D eigenvalue weighted by Gasteiger charge is 2.32. The van der Waals surface area contributed by atoms with Crippen LogP contribution in [0.4, 0.5) is 0 Å². The number of hydrogen-bond donors (Lipinski definition) is 1. The molecule has 0 spiro atoms. The zero-order valence-corrected chi connectivity index (χ0v) is 16.3. The van der Waals surface area contributed by atoms with E-state index in [1.54, 1.807) is 0 Å². The smallest absolute Gasteiger partial charge is 0.117 e. The van der Waals surface area contributed by atoms with E-state index in [9.17, 15) is 5.11 Å². The normalized spacial score (nSPS) is 19.0. The van der Waals surface area contributed by atoms with Gasteiger partial charge in [-0.25, -0.2) is 0 Å². The third kappa shape index (κ3) is 3.06. The van der Waals surface area contributed by atoms with Crippen molar-refractivity contribution in [3.05, 3.63) is 51.9 Å². The minimum atomic E-state index is 0.247. The lowest BCUT2D eigenvalue weighted by atomic mass is 9.75. The van der Waals surface area contributed by atoms with Gasteiger partial charge in [0, 0.05) is 15.3 Å². The number of hydrogen-bond acceptors (Lipinski definition) is 2. The average Bonchev–Trinajstić information content (AvgIpc) is 2.75. The largest absolute Gasteiger partial charge is 0.508 e. The number of fused-ring (bicyclic) bond motifs is 2. The molecule has 0 unspecified atom stereocenters. The van der Waals surface area contributed by atoms with Gasteiger partial charge in [0.25, 0.3) is 0 Å². The van der Waals surface area contributed by atoms with Crippen molar-refractivity contribution in [1.29, 1.82) is 0 Å². The molecule has 2 heteroatoms. The van der Waals surface area contributed by atoms with Crippen LogP contribution >= 0.6 is 11.3 Å². The molecule has 2 aromatic rings. The van der Waals surface area contributed by atoms with Crippen LogP contribution in [0.5, 0.6) is 0 Å². The summed E-state index contributed by atoms with van der Waals surface area (Å²) in [6.45, 7) is 8.61. The number of aliphatic hydroxyl groups is 1. The zero-order valence-electron chi connectivity index (χ0n) is 15.5. The predicted octanol–water partition coefficient (Wildman–Crippen LogP) is 6.73. The maximum atomic E-state index is 10.5. The highest BCUT2D eigenvalue weighted by molar-refractivity contribution is 7.16. The van der Waals surface area contributed by atoms with Gasteiger partial charge in [-0.2, -0.15) is 0 Å². The van der Waals surface area contributed by atoms with Crippen molar-refractivity contribution in [2.24, 2.45) is 5.41 Å². The minimum Gasteiger partial charge on any atom is -0.508 e. The molecule has 1 aromatic carbocycles. The van der Waals surface area contributed by atoms with E-state index in [1.165, 1.54) is 64.1 Å². The van der Waals surface area contributed by atoms with Crippen molar-refractivity contribution in [3.63, 3.8) is 0 Å². The van der Waals surface area contributed by atoms with Crippen LogP contribution in [-0.4, -0.2) is 5.11 Å². The van der Waals surface area contributed by atoms with Crippen LogP contribution in [0.1, 0.15) is 66.7 Å². The summed E-state index contributed by atoms with van der Waals surface area (Å²) in [4.78, 5) is 2.72. The molecule has 0 saturated carbocycles. The maximum absolute atomic E-state index is 10.5. The molecule has 0 fully saturated rings. The molecule has 1 heterocycles. The number of rotatable bonds is 2. The first-order valence-electron chi connectivity index (χ1n) is 9.60. The van der Waals surface area contributed by atoms with Gasteiger partial charge in [-0.15, -0.1) is 11.3 Å². The minimum absolute atomic E-state index is 0.247. The van der Waals surface area contributed by atoms with E-state index < -0.39 is 0 Å². The second-order valence-corrected chi connectivity index (χ2v) is 9.60. The van der Waals surface area contributed by atoms with Crippen LogP contribution in [0, 0.1) is 5.41 Å². The van der Waals surface area contributed by atoms with Gasteiger partial charge in [0.2, 0.25) is 0 Å². The summed E-state index contributed by atoms with van der Waals surface area (Å²) < 4.78 is 0. The second-order valence-electron chi connectivity index (χ2n) is 8.50. The Labute approximate surface area is 155 Å². The summed E-state index contributed by atoms with van der Waals surface area (Å²) in [7, 11) is 0. The molecule has 0 bridgehead atoms. The molecule has 0 aliphatic heterocycles. The van der Waals surface area contributed by atoms with Gasteiger partial charge in [-0.1, -0.05) is 45.0 Å². The predicted molar refractivity (Wildman–Crippen MR) is 108 cm³/mol. The second kappa shape index (κ2) is 6.32. The van der Waals surface area contributed by atoms with Gasteiger partial charge in [-0.05, 0) is 72.6 Å². The highest BCUT2D eigenvalue weighted by atomic mass is 32.1. The topological polar surface area (TPSA) is 20.2 Å². The number of benzene rings is 1. The Kier molecular flexibility index (Phi) is 4.27. The molecule has 2 aliphatic carbocycles. The van der Waals surface area contributed by atoms with Crippen LogP contribution in [-0.2, 0) is 25.7 Å². The summed E-state index contributed by atoms with van der Waals surface area (Å²) in [6.07, 6.45) is 9.65. The Hall–Kier alpha value is -1.54. The summed E-state index contributed by atoms with van der Waals surface area (Å²) in [5, 5.41) is 10.5. The summed E-state index contributed by atoms with van der Waals surface area (Å²) in [6, 6.07) is 6.76. The monoisotopic (exact) mass is 352 g/mol. The molecule has 1 N–H and O–H groups in total. The number of aryl methyl sites for hydroxylation is 2. The van der Waals surface area contributed by atoms with Crippen LogP contribution in [0.3, 0.4) is 0 Å². The zero-order chi connectivity index (χ0) is 17.6. The lowest BCUT2D eigenvalue weighted by Crippen LogP contribution is -2.21. The van der Waals surface area contributed by atoms with Crippen LogP contribution < -0.4 is 0 Å². The highest BCUT2D eigenvalue weighted by Crippen LogP contribution is 2.48. The molecule has 0 amide bonds. The molecular formula is C23H28OS. The van der Waals surface area contributed by atoms with Crippen molar-refractivity contribution >= 4 is 17.1 Å². The first-order chi connectivity index (χ1) is 12.0. The van der Waals surface area contributed by atoms with Crippen LogP contribution in [0.2, 0.25) is 0 Å². The van der Waals surface area contributed by atoms with E-state index >= 15 is 0 Å². The molecular weight excluding hydrogens is 324 g/mol. The quantitative estimate of drug-likeness (QED) is 0.469. The van der Waals surface area contributed by atoms with Crippen molar-refractivity contribution in [3.8, 4) is 10.4 Å². The molecule has 4 rings (SSSR count). The van der Waals surface area contributed by atoms with Crippen molar-refractivity contribution in [2.45, 2.75) is 65.2 Å². The van der Waals surface area contributed by atoms with Crippen LogP contribution in [0.25, 0.3) is 16.2 Å². The third-order valence-electron chi connectivity index (χ3n) is 5.95. The third-order valence-corrected chi connectivity index (χ3v) is 7.28. The van der Waals surface area contributed by atoms with Gasteiger partial charge in [-0.3, -0.25) is 0 Å². The maximum Gasteiger partial charge on any atom is 0.117 e. The van der Waals surface area contributed by atoms with Gasteiger partial charge >= 0.3 is 0 Å². The first-order valence-corrected chi connectivity index (χ1v) is 10.4. The fraction of sp³-hybridized carbons (Fsp3) is 0.478. The lowest BCUT2D eigenvalue weighted by molar-refractivity contribution is 0.317. The van der Waals surface area contributed by atoms with Crippen molar-refractivity contribution in [2.75, 3.05) is 0 Å². The first kappa shape index (κ1) is 16.9. The van der Waals surface area contributed by atoms with Gasteiger partial charge < -0.3 is 5.11 Å². The molecule has 0 radical (unpaired) electrons. The Bertz CT molecular complexity index is 825. The standard InChI is InChI=1S/C23H28OS/c1-15(24)21-19-14-23(2,3)13-12-20(19)25-22(21)18-11-7-9-16-8-5-4-6-10-17(16)18/h7,9,11,24H,1,4-6,8,10,12-14H2,2-3H3. The van der Waals surface area contributed by atoms with Gasteiger partial charge in [0.1, 0.15) is 5.76 Å². The van der Waals surface area contributed by atoms with Crippen molar-refractivity contribution < 1.29 is 5.11 Å². The Morgan fingerprint density at radius 2 is 1.88 bits per heavy atom. The van der Waals surface area contributed by atoms with Gasteiger partial charge in [0.15, 0.2) is 0 Å². The van der Waals surface area contributed by atoms with E-state index in [-0.39, 0.29) is 5.76 Å². The summed E-state index contributed by atoms with van der Waals surface area (Å²) in [5.74, 6) is 0.247. The number of thiophene rings is 1. The van der Waals surface area contributed by atoms with E-state index in [2.05, 4.69) is 38.6 Å². The van der Waals surface area contributed by atoms with Gasteiger partial charge in [0.05, 0.1) is 0 Å². The van der Waals surface area contributed by atoms with E-state index in [0.717, 1.165) is 24.8 Å². The Morgan fingerprint density at radius 1 is 1.08 bits per heavy atom. The summed E-state index contributed by atoms with van der Waals surface area (Å²) in [5.41, 5.74) is 7.07. The fourth-order valence-corrected chi connectivity index (χ4v) is 5.98. The lowest BCUT2D eigenvalue weighted by Gasteiger charge is -2.30. The molecule has 25 heavy (non-hydrogen) atoms. The molecule has 0 atom stereocenters. The molecule has 1 aromatic heterocycles. The van der Waals surface area contributed by atoms with Crippen molar-refractivity contribution in [1.82, 2.24) is 0 Å². The Morgan fingerprint density at radius 3 is 2.68 bits per heavy atom. The molecule has 1 nitrogen and oxygen atoms in total. The SMILES string of the molecule is C=C(O)c1c(-c2cccc3c2CCCCC3)sc2c1CC(C)(C)CC2. The fourth-order valence-electron chi connectivity index (χ4n) is 4.59. The molecule has 0 saturated heterocycles. The van der Waals surface area contributed by atoms with E-state index in [4.69, 9.17) is 0 Å². The molecule has 2 aliphatic rings. The summed E-state index contributed by atoms with van der Waals surface area (Å²) >= 11 is 1.90.